The molecule has 2 heterocycles. The van der Waals surface area contributed by atoms with E-state index in [-0.39, 0.29) is 5.56 Å². The Morgan fingerprint density at radius 2 is 1.90 bits per heavy atom. The Labute approximate surface area is 194 Å². The second-order valence-electron chi connectivity index (χ2n) is 6.98. The van der Waals surface area contributed by atoms with Crippen molar-refractivity contribution in [2.75, 3.05) is 0 Å². The van der Waals surface area contributed by atoms with Crippen molar-refractivity contribution < 1.29 is 8.81 Å². The van der Waals surface area contributed by atoms with Crippen LogP contribution < -0.4 is 5.56 Å². The van der Waals surface area contributed by atoms with E-state index >= 15 is 0 Å². The number of hydrogen-bond acceptors (Lipinski definition) is 4. The molecule has 0 radical (unpaired) electrons. The van der Waals surface area contributed by atoms with E-state index in [2.05, 4.69) is 48.9 Å². The summed E-state index contributed by atoms with van der Waals surface area (Å²) >= 11 is 6.64. The molecule has 0 saturated heterocycles. The van der Waals surface area contributed by atoms with Crippen LogP contribution in [0, 0.1) is 5.82 Å². The Bertz CT molecular complexity index is 1340. The van der Waals surface area contributed by atoms with Gasteiger partial charge in [-0.3, -0.25) is 4.79 Å². The minimum atomic E-state index is -0.394. The fourth-order valence-corrected chi connectivity index (χ4v) is 3.88. The van der Waals surface area contributed by atoms with Crippen molar-refractivity contribution in [2.45, 2.75) is 26.2 Å². The normalized spacial score (nSPS) is 11.6. The quantitative estimate of drug-likeness (QED) is 0.258. The largest absolute Gasteiger partial charge is 0.455 e. The predicted molar refractivity (Wildman–Crippen MR) is 127 cm³/mol. The summed E-state index contributed by atoms with van der Waals surface area (Å²) in [4.78, 5) is 17.7. The number of nitrogens with zero attached hydrogens (tertiary/aromatic N) is 3. The molecule has 0 unspecified atom stereocenters. The summed E-state index contributed by atoms with van der Waals surface area (Å²) in [5.74, 6) is 0.976. The summed E-state index contributed by atoms with van der Waals surface area (Å²) in [5.41, 5.74) is 0.733. The van der Waals surface area contributed by atoms with Gasteiger partial charge in [0.2, 0.25) is 0 Å². The summed E-state index contributed by atoms with van der Waals surface area (Å²) in [7, 11) is 0. The first-order valence-electron chi connectivity index (χ1n) is 9.77. The monoisotopic (exact) mass is 545 g/mol. The van der Waals surface area contributed by atoms with Gasteiger partial charge in [-0.25, -0.2) is 9.37 Å². The van der Waals surface area contributed by atoms with Gasteiger partial charge in [-0.15, -0.1) is 0 Å². The number of rotatable bonds is 6. The highest BCUT2D eigenvalue weighted by atomic mass is 79.9. The second-order valence-corrected chi connectivity index (χ2v) is 8.81. The van der Waals surface area contributed by atoms with Gasteiger partial charge in [0, 0.05) is 15.4 Å². The van der Waals surface area contributed by atoms with Crippen molar-refractivity contribution in [2.24, 2.45) is 5.10 Å². The third-order valence-corrected chi connectivity index (χ3v) is 5.74. The topological polar surface area (TPSA) is 60.4 Å². The van der Waals surface area contributed by atoms with E-state index in [1.54, 1.807) is 30.3 Å². The van der Waals surface area contributed by atoms with Crippen LogP contribution in [0.2, 0.25) is 0 Å². The molecule has 0 aliphatic carbocycles. The molecule has 158 valence electrons. The Morgan fingerprint density at radius 3 is 2.68 bits per heavy atom. The molecule has 31 heavy (non-hydrogen) atoms. The maximum atomic E-state index is 14.2. The van der Waals surface area contributed by atoms with Gasteiger partial charge in [0.05, 0.1) is 22.7 Å². The first-order valence-corrected chi connectivity index (χ1v) is 11.4. The van der Waals surface area contributed by atoms with E-state index in [1.807, 2.05) is 12.1 Å². The molecular weight excluding hydrogens is 529 g/mol. The molecule has 8 heteroatoms. The lowest BCUT2D eigenvalue weighted by Crippen LogP contribution is -2.22. The molecular formula is C23H18Br2FN3O2. The number of hydrogen-bond donors (Lipinski definition) is 0. The van der Waals surface area contributed by atoms with Gasteiger partial charge in [-0.05, 0) is 55.0 Å². The van der Waals surface area contributed by atoms with Gasteiger partial charge < -0.3 is 4.42 Å². The number of fused-ring (bicyclic) bond motifs is 1. The first kappa shape index (κ1) is 21.6. The van der Waals surface area contributed by atoms with Gasteiger partial charge in [-0.2, -0.15) is 9.78 Å². The third kappa shape index (κ3) is 4.70. The molecule has 0 atom stereocenters. The van der Waals surface area contributed by atoms with E-state index < -0.39 is 5.82 Å². The summed E-state index contributed by atoms with van der Waals surface area (Å²) in [6, 6.07) is 13.5. The Kier molecular flexibility index (Phi) is 6.48. The van der Waals surface area contributed by atoms with Crippen molar-refractivity contribution >= 4 is 49.0 Å². The molecule has 0 aliphatic heterocycles. The highest BCUT2D eigenvalue weighted by Crippen LogP contribution is 2.27. The van der Waals surface area contributed by atoms with Crippen LogP contribution in [0.3, 0.4) is 0 Å². The molecule has 0 fully saturated rings. The van der Waals surface area contributed by atoms with Crippen molar-refractivity contribution in [3.8, 4) is 11.3 Å². The zero-order valence-electron chi connectivity index (χ0n) is 16.6. The summed E-state index contributed by atoms with van der Waals surface area (Å²) in [6.45, 7) is 2.08. The molecule has 2 aromatic carbocycles. The lowest BCUT2D eigenvalue weighted by atomic mass is 10.1. The number of unbranched alkanes of at least 4 members (excludes halogenated alkanes) is 1. The van der Waals surface area contributed by atoms with Crippen LogP contribution in [0.25, 0.3) is 22.2 Å². The maximum Gasteiger partial charge on any atom is 0.282 e. The zero-order valence-corrected chi connectivity index (χ0v) is 19.8. The van der Waals surface area contributed by atoms with E-state index in [9.17, 15) is 9.18 Å². The van der Waals surface area contributed by atoms with Crippen LogP contribution in [0.5, 0.6) is 0 Å². The molecule has 0 N–H and O–H groups in total. The van der Waals surface area contributed by atoms with Crippen LogP contribution in [-0.4, -0.2) is 15.9 Å². The van der Waals surface area contributed by atoms with Crippen LogP contribution in [0.4, 0.5) is 4.39 Å². The average molecular weight is 547 g/mol. The van der Waals surface area contributed by atoms with Crippen LogP contribution in [0.15, 0.2) is 71.8 Å². The predicted octanol–water partition coefficient (Wildman–Crippen LogP) is 6.55. The fraction of sp³-hybridized carbons (Fsp3) is 0.174. The molecule has 4 aromatic rings. The van der Waals surface area contributed by atoms with Crippen LogP contribution in [0.1, 0.15) is 31.4 Å². The van der Waals surface area contributed by atoms with Crippen molar-refractivity contribution in [1.29, 1.82) is 0 Å². The van der Waals surface area contributed by atoms with E-state index in [0.29, 0.717) is 44.7 Å². The minimum absolute atomic E-state index is 0.251. The fourth-order valence-electron chi connectivity index (χ4n) is 3.18. The number of halogens is 3. The molecule has 0 saturated carbocycles. The lowest BCUT2D eigenvalue weighted by molar-refractivity contribution is 0.562. The molecule has 2 aromatic heterocycles. The van der Waals surface area contributed by atoms with Gasteiger partial charge in [-0.1, -0.05) is 45.2 Å². The van der Waals surface area contributed by atoms with Gasteiger partial charge in [0.15, 0.2) is 0 Å². The van der Waals surface area contributed by atoms with Gasteiger partial charge in [0.25, 0.3) is 5.56 Å². The summed E-state index contributed by atoms with van der Waals surface area (Å²) < 4.78 is 22.7. The molecule has 0 spiro atoms. The number of aromatic nitrogens is 2. The molecule has 4 rings (SSSR count). The third-order valence-electron chi connectivity index (χ3n) is 4.75. The minimum Gasteiger partial charge on any atom is -0.455 e. The van der Waals surface area contributed by atoms with Crippen molar-refractivity contribution in [3.05, 3.63) is 85.2 Å². The molecule has 0 bridgehead atoms. The lowest BCUT2D eigenvalue weighted by Gasteiger charge is -2.09. The molecule has 0 amide bonds. The Hall–Kier alpha value is -2.58. The maximum absolute atomic E-state index is 14.2. The SMILES string of the molecule is CCCCc1nc2ccc(Br)cc2c(=O)n1N=Cc1ccc(-c2ccc(Br)cc2F)o1. The number of benzene rings is 2. The van der Waals surface area contributed by atoms with Crippen LogP contribution in [-0.2, 0) is 6.42 Å². The Balaban J connectivity index is 1.73. The highest BCUT2D eigenvalue weighted by molar-refractivity contribution is 9.10. The Morgan fingerprint density at radius 1 is 1.13 bits per heavy atom. The smallest absolute Gasteiger partial charge is 0.282 e. The summed E-state index contributed by atoms with van der Waals surface area (Å²) in [6.07, 6.45) is 3.93. The number of furan rings is 1. The average Bonchev–Trinajstić information content (AvgIpc) is 3.21. The van der Waals surface area contributed by atoms with Crippen molar-refractivity contribution in [1.82, 2.24) is 9.66 Å². The summed E-state index contributed by atoms with van der Waals surface area (Å²) in [5, 5.41) is 4.83. The second kappa shape index (κ2) is 9.28. The van der Waals surface area contributed by atoms with Gasteiger partial charge >= 0.3 is 0 Å². The zero-order chi connectivity index (χ0) is 22.0. The van der Waals surface area contributed by atoms with Crippen molar-refractivity contribution in [3.63, 3.8) is 0 Å². The van der Waals surface area contributed by atoms with E-state index in [0.717, 1.165) is 17.3 Å². The number of aryl methyl sites for hydroxylation is 1. The van der Waals surface area contributed by atoms with Crippen LogP contribution >= 0.6 is 31.9 Å². The standard InChI is InChI=1S/C23H18Br2FN3O2/c1-2-3-4-22-28-20-9-6-14(24)11-18(20)23(30)29(22)27-13-16-7-10-21(31-16)17-8-5-15(25)12-19(17)26/h5-13H,2-4H2,1H3. The van der Waals surface area contributed by atoms with E-state index in [1.165, 1.54) is 17.0 Å². The molecule has 5 nitrogen and oxygen atoms in total. The van der Waals surface area contributed by atoms with Gasteiger partial charge in [0.1, 0.15) is 23.2 Å². The highest BCUT2D eigenvalue weighted by Gasteiger charge is 2.12. The molecule has 0 aliphatic rings. The van der Waals surface area contributed by atoms with E-state index in [4.69, 9.17) is 4.42 Å². The first-order chi connectivity index (χ1) is 15.0.